The molecule has 0 bridgehead atoms. The van der Waals surface area contributed by atoms with E-state index in [-0.39, 0.29) is 11.2 Å². The van der Waals surface area contributed by atoms with Crippen LogP contribution in [0.5, 0.6) is 0 Å². The van der Waals surface area contributed by atoms with Crippen LogP contribution in [-0.4, -0.2) is 12.6 Å². The fourth-order valence-corrected chi connectivity index (χ4v) is 2.74. The minimum atomic E-state index is -0.310. The van der Waals surface area contributed by atoms with E-state index in [1.807, 2.05) is 6.07 Å². The maximum atomic E-state index is 13.5. The van der Waals surface area contributed by atoms with Crippen molar-refractivity contribution >= 4 is 11.6 Å². The predicted molar refractivity (Wildman–Crippen MR) is 79.2 cm³/mol. The topological polar surface area (TPSA) is 12.0 Å². The number of rotatable bonds is 7. The van der Waals surface area contributed by atoms with Crippen molar-refractivity contribution in [2.75, 3.05) is 6.54 Å². The summed E-state index contributed by atoms with van der Waals surface area (Å²) in [7, 11) is 0. The molecule has 106 valence electrons. The number of benzene rings is 1. The van der Waals surface area contributed by atoms with E-state index in [9.17, 15) is 4.39 Å². The van der Waals surface area contributed by atoms with E-state index in [1.54, 1.807) is 6.07 Å². The third-order valence-electron chi connectivity index (χ3n) is 4.44. The van der Waals surface area contributed by atoms with Crippen molar-refractivity contribution in [1.82, 2.24) is 5.32 Å². The van der Waals surface area contributed by atoms with Gasteiger partial charge in [-0.05, 0) is 49.1 Å². The second-order valence-corrected chi connectivity index (χ2v) is 6.13. The Kier molecular flexibility index (Phi) is 4.86. The predicted octanol–water partition coefficient (Wildman–Crippen LogP) is 4.58. The van der Waals surface area contributed by atoms with E-state index in [4.69, 9.17) is 11.6 Å². The molecule has 0 unspecified atom stereocenters. The Labute approximate surface area is 120 Å². The molecule has 1 nitrogen and oxygen atoms in total. The first-order chi connectivity index (χ1) is 9.10. The van der Waals surface area contributed by atoms with Gasteiger partial charge in [0.1, 0.15) is 5.82 Å². The molecule has 0 atom stereocenters. The molecule has 0 saturated heterocycles. The van der Waals surface area contributed by atoms with Crippen molar-refractivity contribution in [1.29, 1.82) is 0 Å². The summed E-state index contributed by atoms with van der Waals surface area (Å²) in [6.45, 7) is 5.42. The zero-order valence-corrected chi connectivity index (χ0v) is 12.6. The first-order valence-electron chi connectivity index (χ1n) is 7.26. The van der Waals surface area contributed by atoms with Gasteiger partial charge in [0.15, 0.2) is 0 Å². The van der Waals surface area contributed by atoms with Crippen LogP contribution in [0.3, 0.4) is 0 Å². The molecule has 0 spiro atoms. The lowest BCUT2D eigenvalue weighted by Gasteiger charge is -2.33. The van der Waals surface area contributed by atoms with Gasteiger partial charge in [-0.2, -0.15) is 0 Å². The summed E-state index contributed by atoms with van der Waals surface area (Å²) in [5.41, 5.74) is 1.11. The molecule has 0 aromatic heterocycles. The van der Waals surface area contributed by atoms with Gasteiger partial charge in [0.05, 0.1) is 5.02 Å². The normalized spacial score (nSPS) is 15.8. The molecule has 0 amide bonds. The SMILES string of the molecule is CCC(CC)(CNC1CC1)Cc1cccc(F)c1Cl. The van der Waals surface area contributed by atoms with Crippen LogP contribution in [0, 0.1) is 11.2 Å². The van der Waals surface area contributed by atoms with Crippen LogP contribution in [0.15, 0.2) is 18.2 Å². The Morgan fingerprint density at radius 2 is 2.00 bits per heavy atom. The molecule has 3 heteroatoms. The van der Waals surface area contributed by atoms with Crippen molar-refractivity contribution in [3.8, 4) is 0 Å². The highest BCUT2D eigenvalue weighted by Crippen LogP contribution is 2.34. The molecule has 0 heterocycles. The summed E-state index contributed by atoms with van der Waals surface area (Å²) in [4.78, 5) is 0. The molecule has 1 N–H and O–H groups in total. The molecule has 0 aliphatic heterocycles. The van der Waals surface area contributed by atoms with Crippen molar-refractivity contribution in [3.05, 3.63) is 34.6 Å². The smallest absolute Gasteiger partial charge is 0.142 e. The monoisotopic (exact) mass is 283 g/mol. The zero-order valence-electron chi connectivity index (χ0n) is 11.8. The molecule has 1 fully saturated rings. The zero-order chi connectivity index (χ0) is 13.9. The summed E-state index contributed by atoms with van der Waals surface area (Å²) in [5.74, 6) is -0.310. The Balaban J connectivity index is 2.11. The molecule has 1 aromatic rings. The van der Waals surface area contributed by atoms with Crippen LogP contribution in [0.25, 0.3) is 0 Å². The van der Waals surface area contributed by atoms with E-state index < -0.39 is 0 Å². The van der Waals surface area contributed by atoms with Gasteiger partial charge in [0, 0.05) is 12.6 Å². The van der Waals surface area contributed by atoms with Crippen LogP contribution >= 0.6 is 11.6 Å². The highest BCUT2D eigenvalue weighted by Gasteiger charge is 2.30. The van der Waals surface area contributed by atoms with Crippen LogP contribution in [0.1, 0.15) is 45.1 Å². The molecule has 1 saturated carbocycles. The Bertz CT molecular complexity index is 425. The lowest BCUT2D eigenvalue weighted by Crippen LogP contribution is -2.36. The Morgan fingerprint density at radius 3 is 2.58 bits per heavy atom. The largest absolute Gasteiger partial charge is 0.313 e. The summed E-state index contributed by atoms with van der Waals surface area (Å²) >= 11 is 6.09. The second kappa shape index (κ2) is 6.23. The van der Waals surface area contributed by atoms with Gasteiger partial charge in [0.25, 0.3) is 0 Å². The second-order valence-electron chi connectivity index (χ2n) is 5.75. The average Bonchev–Trinajstić information content (AvgIpc) is 3.24. The van der Waals surface area contributed by atoms with Crippen molar-refractivity contribution < 1.29 is 4.39 Å². The molecule has 1 aliphatic rings. The summed E-state index contributed by atoms with van der Waals surface area (Å²) in [6, 6.07) is 5.83. The fraction of sp³-hybridized carbons (Fsp3) is 0.625. The highest BCUT2D eigenvalue weighted by molar-refractivity contribution is 6.31. The molecular weight excluding hydrogens is 261 g/mol. The lowest BCUT2D eigenvalue weighted by molar-refractivity contribution is 0.245. The van der Waals surface area contributed by atoms with Crippen molar-refractivity contribution in [2.24, 2.45) is 5.41 Å². The third kappa shape index (κ3) is 3.70. The number of halogens is 2. The maximum Gasteiger partial charge on any atom is 0.142 e. The quantitative estimate of drug-likeness (QED) is 0.772. The first-order valence-corrected chi connectivity index (χ1v) is 7.64. The van der Waals surface area contributed by atoms with Crippen molar-refractivity contribution in [2.45, 2.75) is 52.0 Å². The standard InChI is InChI=1S/C16H23ClFN/c1-3-16(4-2,11-19-13-8-9-13)10-12-6-5-7-14(18)15(12)17/h5-7,13,19H,3-4,8-11H2,1-2H3. The van der Waals surface area contributed by atoms with Gasteiger partial charge in [0.2, 0.25) is 0 Å². The summed E-state index contributed by atoms with van der Waals surface area (Å²) in [5, 5.41) is 3.91. The number of hydrogen-bond donors (Lipinski definition) is 1. The van der Waals surface area contributed by atoms with Gasteiger partial charge >= 0.3 is 0 Å². The fourth-order valence-electron chi connectivity index (χ4n) is 2.55. The van der Waals surface area contributed by atoms with Crippen LogP contribution in [-0.2, 0) is 6.42 Å². The molecule has 0 radical (unpaired) electrons. The van der Waals surface area contributed by atoms with Crippen LogP contribution < -0.4 is 5.32 Å². The van der Waals surface area contributed by atoms with Gasteiger partial charge in [-0.3, -0.25) is 0 Å². The van der Waals surface area contributed by atoms with E-state index in [0.29, 0.717) is 11.1 Å². The molecule has 2 rings (SSSR count). The van der Waals surface area contributed by atoms with E-state index in [2.05, 4.69) is 19.2 Å². The highest BCUT2D eigenvalue weighted by atomic mass is 35.5. The number of nitrogens with one attached hydrogen (secondary N) is 1. The minimum Gasteiger partial charge on any atom is -0.313 e. The van der Waals surface area contributed by atoms with Crippen molar-refractivity contribution in [3.63, 3.8) is 0 Å². The van der Waals surface area contributed by atoms with E-state index in [1.165, 1.54) is 18.9 Å². The number of hydrogen-bond acceptors (Lipinski definition) is 1. The first kappa shape index (κ1) is 14.8. The van der Waals surface area contributed by atoms with Gasteiger partial charge in [-0.25, -0.2) is 4.39 Å². The third-order valence-corrected chi connectivity index (χ3v) is 4.86. The minimum absolute atomic E-state index is 0.181. The average molecular weight is 284 g/mol. The molecule has 19 heavy (non-hydrogen) atoms. The molecular formula is C16H23ClFN. The Hall–Kier alpha value is -0.600. The van der Waals surface area contributed by atoms with Gasteiger partial charge in [-0.1, -0.05) is 37.6 Å². The molecule has 1 aliphatic carbocycles. The van der Waals surface area contributed by atoms with Gasteiger partial charge < -0.3 is 5.32 Å². The molecule has 1 aromatic carbocycles. The maximum absolute atomic E-state index is 13.5. The lowest BCUT2D eigenvalue weighted by atomic mass is 9.76. The van der Waals surface area contributed by atoms with E-state index in [0.717, 1.165) is 31.4 Å². The summed E-state index contributed by atoms with van der Waals surface area (Å²) < 4.78 is 13.5. The summed E-state index contributed by atoms with van der Waals surface area (Å²) in [6.07, 6.45) is 5.59. The van der Waals surface area contributed by atoms with Crippen LogP contribution in [0.4, 0.5) is 4.39 Å². The van der Waals surface area contributed by atoms with Crippen LogP contribution in [0.2, 0.25) is 5.02 Å². The van der Waals surface area contributed by atoms with E-state index >= 15 is 0 Å². The van der Waals surface area contributed by atoms with Gasteiger partial charge in [-0.15, -0.1) is 0 Å². The Morgan fingerprint density at radius 1 is 1.32 bits per heavy atom.